The molecule has 0 saturated carbocycles. The molecule has 7 nitrogen and oxygen atoms in total. The largest absolute Gasteiger partial charge is 0.381 e. The average Bonchev–Trinajstić information content (AvgIpc) is 2.58. The summed E-state index contributed by atoms with van der Waals surface area (Å²) in [4.78, 5) is 3.88. The molecular formula is C8H8BrN5O2S. The van der Waals surface area contributed by atoms with Gasteiger partial charge in [-0.05, 0) is 28.1 Å². The molecule has 2 aromatic rings. The minimum Gasteiger partial charge on any atom is -0.381 e. The van der Waals surface area contributed by atoms with Crippen molar-refractivity contribution in [2.75, 3.05) is 5.73 Å². The van der Waals surface area contributed by atoms with Gasteiger partial charge in [-0.3, -0.25) is 0 Å². The van der Waals surface area contributed by atoms with Gasteiger partial charge in [0.05, 0.1) is 4.47 Å². The summed E-state index contributed by atoms with van der Waals surface area (Å²) >= 11 is 3.21. The van der Waals surface area contributed by atoms with Gasteiger partial charge in [-0.25, -0.2) is 23.2 Å². The van der Waals surface area contributed by atoms with Crippen LogP contribution in [-0.4, -0.2) is 23.2 Å². The van der Waals surface area contributed by atoms with Crippen LogP contribution < -0.4 is 10.9 Å². The third-order valence-electron chi connectivity index (χ3n) is 1.98. The van der Waals surface area contributed by atoms with Gasteiger partial charge in [0.2, 0.25) is 10.0 Å². The Bertz CT molecular complexity index is 630. The molecule has 0 aromatic carbocycles. The smallest absolute Gasteiger partial charge is 0.239 e. The van der Waals surface area contributed by atoms with Crippen molar-refractivity contribution in [2.45, 2.75) is 4.90 Å². The number of hydrogen-bond acceptors (Lipinski definition) is 5. The maximum absolute atomic E-state index is 11.0. The highest BCUT2D eigenvalue weighted by Gasteiger charge is 2.09. The van der Waals surface area contributed by atoms with E-state index in [9.17, 15) is 8.42 Å². The molecule has 0 aliphatic carbocycles. The zero-order valence-corrected chi connectivity index (χ0v) is 10.8. The molecular weight excluding hydrogens is 310 g/mol. The molecule has 0 saturated heterocycles. The fourth-order valence-electron chi connectivity index (χ4n) is 1.16. The molecule has 4 N–H and O–H groups in total. The number of hydrogen-bond donors (Lipinski definition) is 2. The number of nitrogen functional groups attached to an aromatic ring is 1. The number of aromatic nitrogens is 3. The third-order valence-corrected chi connectivity index (χ3v) is 3.49. The van der Waals surface area contributed by atoms with Crippen molar-refractivity contribution >= 4 is 31.8 Å². The lowest BCUT2D eigenvalue weighted by Gasteiger charge is -2.01. The van der Waals surface area contributed by atoms with Gasteiger partial charge < -0.3 is 5.73 Å². The van der Waals surface area contributed by atoms with Gasteiger partial charge in [0.25, 0.3) is 0 Å². The minimum absolute atomic E-state index is 0.0551. The van der Waals surface area contributed by atoms with Crippen LogP contribution in [0.1, 0.15) is 0 Å². The summed E-state index contributed by atoms with van der Waals surface area (Å²) in [5.74, 6) is 0.761. The number of pyridine rings is 1. The summed E-state index contributed by atoms with van der Waals surface area (Å²) in [6.45, 7) is 0. The molecule has 2 aromatic heterocycles. The molecule has 9 heteroatoms. The van der Waals surface area contributed by atoms with E-state index in [4.69, 9.17) is 10.9 Å². The van der Waals surface area contributed by atoms with Gasteiger partial charge in [0.15, 0.2) is 11.6 Å². The highest BCUT2D eigenvalue weighted by molar-refractivity contribution is 9.10. The lowest BCUT2D eigenvalue weighted by atomic mass is 10.5. The number of sulfonamides is 1. The van der Waals surface area contributed by atoms with Crippen molar-refractivity contribution in [1.29, 1.82) is 0 Å². The lowest BCUT2D eigenvalue weighted by molar-refractivity contribution is 0.597. The Hall–Kier alpha value is -1.45. The molecule has 0 aliphatic rings. The Labute approximate surface area is 106 Å². The minimum atomic E-state index is -3.73. The highest BCUT2D eigenvalue weighted by atomic mass is 79.9. The fraction of sp³-hybridized carbons (Fsp3) is 0. The first-order valence-electron chi connectivity index (χ1n) is 4.38. The Balaban J connectivity index is 2.42. The van der Waals surface area contributed by atoms with Gasteiger partial charge in [0.1, 0.15) is 4.90 Å². The first kappa shape index (κ1) is 12.0. The Kier molecular flexibility index (Phi) is 2.89. The Morgan fingerprint density at radius 2 is 2.06 bits per heavy atom. The summed E-state index contributed by atoms with van der Waals surface area (Å²) in [5.41, 5.74) is 5.55. The predicted molar refractivity (Wildman–Crippen MR) is 64.8 cm³/mol. The highest BCUT2D eigenvalue weighted by Crippen LogP contribution is 2.18. The predicted octanol–water partition coefficient (Wildman–Crippen LogP) is 0.259. The van der Waals surface area contributed by atoms with Crippen molar-refractivity contribution in [3.05, 3.63) is 29.0 Å². The average molecular weight is 318 g/mol. The van der Waals surface area contributed by atoms with E-state index in [1.807, 2.05) is 0 Å². The van der Waals surface area contributed by atoms with E-state index in [2.05, 4.69) is 26.0 Å². The van der Waals surface area contributed by atoms with Crippen LogP contribution in [0.4, 0.5) is 5.82 Å². The van der Waals surface area contributed by atoms with Gasteiger partial charge in [-0.2, -0.15) is 0 Å². The number of nitrogens with zero attached hydrogens (tertiary/aromatic N) is 3. The van der Waals surface area contributed by atoms with Crippen LogP contribution in [-0.2, 0) is 10.0 Å². The van der Waals surface area contributed by atoms with Crippen LogP contribution in [0, 0.1) is 0 Å². The molecule has 0 radical (unpaired) electrons. The van der Waals surface area contributed by atoms with Crippen LogP contribution in [0.5, 0.6) is 0 Å². The van der Waals surface area contributed by atoms with Gasteiger partial charge >= 0.3 is 0 Å². The summed E-state index contributed by atoms with van der Waals surface area (Å²) in [5, 5.41) is 8.93. The zero-order valence-electron chi connectivity index (χ0n) is 8.41. The molecule has 2 heterocycles. The lowest BCUT2D eigenvalue weighted by Crippen LogP contribution is -2.12. The van der Waals surface area contributed by atoms with Crippen molar-refractivity contribution in [2.24, 2.45) is 5.14 Å². The Morgan fingerprint density at radius 1 is 1.35 bits per heavy atom. The van der Waals surface area contributed by atoms with E-state index in [1.165, 1.54) is 16.8 Å². The zero-order chi connectivity index (χ0) is 12.6. The summed E-state index contributed by atoms with van der Waals surface area (Å²) in [6.07, 6.45) is 2.78. The van der Waals surface area contributed by atoms with E-state index in [0.29, 0.717) is 16.1 Å². The number of rotatable bonds is 2. The molecule has 0 atom stereocenters. The molecule has 17 heavy (non-hydrogen) atoms. The van der Waals surface area contributed by atoms with Gasteiger partial charge in [-0.15, -0.1) is 5.10 Å². The molecule has 0 unspecified atom stereocenters. The molecule has 0 aliphatic heterocycles. The topological polar surface area (TPSA) is 117 Å². The van der Waals surface area contributed by atoms with E-state index < -0.39 is 10.0 Å². The first-order valence-corrected chi connectivity index (χ1v) is 6.72. The third kappa shape index (κ3) is 2.46. The molecule has 0 fully saturated rings. The number of nitrogens with two attached hydrogens (primary N) is 2. The summed E-state index contributed by atoms with van der Waals surface area (Å²) < 4.78 is 24.1. The summed E-state index contributed by atoms with van der Waals surface area (Å²) in [7, 11) is -3.73. The number of halogens is 1. The van der Waals surface area contributed by atoms with Crippen molar-refractivity contribution < 1.29 is 8.42 Å². The van der Waals surface area contributed by atoms with Crippen LogP contribution >= 0.6 is 15.9 Å². The van der Waals surface area contributed by atoms with Gasteiger partial charge in [-0.1, -0.05) is 0 Å². The van der Waals surface area contributed by atoms with Crippen molar-refractivity contribution in [3.8, 4) is 5.82 Å². The second-order valence-electron chi connectivity index (χ2n) is 3.20. The quantitative estimate of drug-likeness (QED) is 0.823. The maximum Gasteiger partial charge on any atom is 0.239 e. The monoisotopic (exact) mass is 317 g/mol. The molecule has 0 bridgehead atoms. The number of primary sulfonamides is 1. The normalized spacial score (nSPS) is 11.6. The second-order valence-corrected chi connectivity index (χ2v) is 5.62. The Morgan fingerprint density at radius 3 is 2.47 bits per heavy atom. The van der Waals surface area contributed by atoms with Crippen molar-refractivity contribution in [3.63, 3.8) is 0 Å². The molecule has 2 rings (SSSR count). The van der Waals surface area contributed by atoms with Gasteiger partial charge in [0, 0.05) is 12.4 Å². The van der Waals surface area contributed by atoms with Crippen LogP contribution in [0.3, 0.4) is 0 Å². The van der Waals surface area contributed by atoms with Crippen LogP contribution in [0.15, 0.2) is 33.9 Å². The second kappa shape index (κ2) is 4.09. The van der Waals surface area contributed by atoms with Crippen LogP contribution in [0.25, 0.3) is 5.82 Å². The molecule has 0 spiro atoms. The first-order chi connectivity index (χ1) is 7.88. The summed E-state index contributed by atoms with van der Waals surface area (Å²) in [6, 6.07) is 2.84. The van der Waals surface area contributed by atoms with Crippen molar-refractivity contribution in [1.82, 2.24) is 14.8 Å². The van der Waals surface area contributed by atoms with E-state index >= 15 is 0 Å². The number of anilines is 1. The standard InChI is InChI=1S/C8H8BrN5O2S/c9-6-4-14(13-8(6)10)7-2-1-5(3-12-7)17(11,15)16/h1-4H,(H2,10,13)(H2,11,15,16). The molecule has 90 valence electrons. The molecule has 0 amide bonds. The fourth-order valence-corrected chi connectivity index (χ4v) is 1.89. The SMILES string of the molecule is Nc1nn(-c2ccc(S(N)(=O)=O)cn2)cc1Br. The van der Waals surface area contributed by atoms with E-state index in [0.717, 1.165) is 6.20 Å². The van der Waals surface area contributed by atoms with Crippen LogP contribution in [0.2, 0.25) is 0 Å². The maximum atomic E-state index is 11.0. The van der Waals surface area contributed by atoms with E-state index in [1.54, 1.807) is 6.20 Å². The van der Waals surface area contributed by atoms with E-state index in [-0.39, 0.29) is 4.90 Å².